The lowest BCUT2D eigenvalue weighted by Crippen LogP contribution is -1.86. The Hall–Kier alpha value is -1.53. The fourth-order valence-electron chi connectivity index (χ4n) is 1.90. The molecule has 0 saturated heterocycles. The second kappa shape index (κ2) is 6.42. The highest BCUT2D eigenvalue weighted by molar-refractivity contribution is 9.09. The van der Waals surface area contributed by atoms with E-state index in [-0.39, 0.29) is 0 Å². The lowest BCUT2D eigenvalue weighted by atomic mass is 10.0. The number of alkyl halides is 1. The molecule has 1 heterocycles. The van der Waals surface area contributed by atoms with E-state index in [1.807, 2.05) is 36.4 Å². The minimum absolute atomic E-state index is 0.410. The number of hydrogen-bond donors (Lipinski definition) is 0. The van der Waals surface area contributed by atoms with Gasteiger partial charge in [0.15, 0.2) is 0 Å². The fraction of sp³-hybridized carbons (Fsp3) is 0.267. The average molecular weight is 304 g/mol. The Balaban J connectivity index is 2.26. The summed E-state index contributed by atoms with van der Waals surface area (Å²) >= 11 is 3.41. The summed E-state index contributed by atoms with van der Waals surface area (Å²) in [6, 6.07) is 14.1. The standard InChI is InChI=1S/C15H14BrNO/c16-10-3-5-13-7-8-15(18-13)14-6-2-1-4-12(14)9-11-17/h1-2,4,6-8H,3,5,9-10H2. The quantitative estimate of drug-likeness (QED) is 0.770. The second-order valence-electron chi connectivity index (χ2n) is 4.05. The van der Waals surface area contributed by atoms with Crippen LogP contribution < -0.4 is 0 Å². The van der Waals surface area contributed by atoms with Crippen molar-refractivity contribution in [2.75, 3.05) is 5.33 Å². The number of benzene rings is 1. The molecule has 0 bridgehead atoms. The van der Waals surface area contributed by atoms with Gasteiger partial charge in [0.1, 0.15) is 11.5 Å². The van der Waals surface area contributed by atoms with E-state index in [9.17, 15) is 0 Å². The zero-order valence-electron chi connectivity index (χ0n) is 10.0. The van der Waals surface area contributed by atoms with Gasteiger partial charge in [-0.3, -0.25) is 0 Å². The van der Waals surface area contributed by atoms with Crippen molar-refractivity contribution in [3.8, 4) is 17.4 Å². The molecular weight excluding hydrogens is 290 g/mol. The monoisotopic (exact) mass is 303 g/mol. The zero-order valence-corrected chi connectivity index (χ0v) is 11.6. The molecule has 92 valence electrons. The first-order valence-corrected chi connectivity index (χ1v) is 7.07. The average Bonchev–Trinajstić information content (AvgIpc) is 2.86. The molecule has 1 aromatic heterocycles. The van der Waals surface area contributed by atoms with Crippen LogP contribution in [0.5, 0.6) is 0 Å². The molecule has 18 heavy (non-hydrogen) atoms. The smallest absolute Gasteiger partial charge is 0.134 e. The van der Waals surface area contributed by atoms with E-state index in [2.05, 4.69) is 22.0 Å². The predicted octanol–water partition coefficient (Wildman–Crippen LogP) is 4.34. The van der Waals surface area contributed by atoms with Gasteiger partial charge >= 0.3 is 0 Å². The maximum atomic E-state index is 8.83. The highest BCUT2D eigenvalue weighted by Crippen LogP contribution is 2.26. The summed E-state index contributed by atoms with van der Waals surface area (Å²) in [5.74, 6) is 1.85. The van der Waals surface area contributed by atoms with Crippen LogP contribution in [0.15, 0.2) is 40.8 Å². The molecule has 0 atom stereocenters. The summed E-state index contributed by atoms with van der Waals surface area (Å²) in [6.45, 7) is 0. The van der Waals surface area contributed by atoms with Gasteiger partial charge in [0.05, 0.1) is 12.5 Å². The van der Waals surface area contributed by atoms with E-state index in [0.717, 1.165) is 40.8 Å². The molecule has 2 aromatic rings. The van der Waals surface area contributed by atoms with Gasteiger partial charge in [0.25, 0.3) is 0 Å². The minimum atomic E-state index is 0.410. The molecule has 0 spiro atoms. The Labute approximate surface area is 115 Å². The van der Waals surface area contributed by atoms with Crippen molar-refractivity contribution in [2.24, 2.45) is 0 Å². The molecule has 0 amide bonds. The van der Waals surface area contributed by atoms with Crippen molar-refractivity contribution in [1.29, 1.82) is 5.26 Å². The molecule has 2 nitrogen and oxygen atoms in total. The minimum Gasteiger partial charge on any atom is -0.461 e. The maximum absolute atomic E-state index is 8.83. The van der Waals surface area contributed by atoms with Crippen LogP contribution in [0.4, 0.5) is 0 Å². The van der Waals surface area contributed by atoms with E-state index in [4.69, 9.17) is 9.68 Å². The van der Waals surface area contributed by atoms with E-state index in [0.29, 0.717) is 6.42 Å². The summed E-state index contributed by atoms with van der Waals surface area (Å²) in [5.41, 5.74) is 2.03. The first-order valence-electron chi connectivity index (χ1n) is 5.95. The number of nitrogens with zero attached hydrogens (tertiary/aromatic N) is 1. The predicted molar refractivity (Wildman–Crippen MR) is 75.6 cm³/mol. The Kier molecular flexibility index (Phi) is 4.60. The summed E-state index contributed by atoms with van der Waals surface area (Å²) in [4.78, 5) is 0. The molecule has 0 saturated carbocycles. The second-order valence-corrected chi connectivity index (χ2v) is 4.84. The summed E-state index contributed by atoms with van der Waals surface area (Å²) < 4.78 is 5.83. The van der Waals surface area contributed by atoms with Gasteiger partial charge in [0.2, 0.25) is 0 Å². The van der Waals surface area contributed by atoms with Gasteiger partial charge < -0.3 is 4.42 Å². The molecule has 3 heteroatoms. The number of rotatable bonds is 5. The molecule has 2 rings (SSSR count). The van der Waals surface area contributed by atoms with Crippen LogP contribution in [-0.4, -0.2) is 5.33 Å². The third kappa shape index (κ3) is 3.02. The number of furan rings is 1. The van der Waals surface area contributed by atoms with Crippen molar-refractivity contribution >= 4 is 15.9 Å². The lowest BCUT2D eigenvalue weighted by Gasteiger charge is -2.03. The fourth-order valence-corrected chi connectivity index (χ4v) is 2.18. The molecule has 1 aromatic carbocycles. The van der Waals surface area contributed by atoms with Crippen LogP contribution >= 0.6 is 15.9 Å². The number of nitriles is 1. The number of aryl methyl sites for hydroxylation is 1. The van der Waals surface area contributed by atoms with Gasteiger partial charge in [-0.25, -0.2) is 0 Å². The highest BCUT2D eigenvalue weighted by atomic mass is 79.9. The Morgan fingerprint density at radius 3 is 2.78 bits per heavy atom. The van der Waals surface area contributed by atoms with Gasteiger partial charge in [-0.05, 0) is 24.1 Å². The van der Waals surface area contributed by atoms with E-state index < -0.39 is 0 Å². The summed E-state index contributed by atoms with van der Waals surface area (Å²) in [6.07, 6.45) is 2.41. The molecule has 0 aliphatic heterocycles. The van der Waals surface area contributed by atoms with Crippen LogP contribution in [0, 0.1) is 11.3 Å². The molecular formula is C15H14BrNO. The third-order valence-corrected chi connectivity index (χ3v) is 3.33. The molecule has 0 aliphatic rings. The Morgan fingerprint density at radius 2 is 2.00 bits per heavy atom. The Bertz CT molecular complexity index is 554. The third-order valence-electron chi connectivity index (χ3n) is 2.77. The number of halogens is 1. The summed E-state index contributed by atoms with van der Waals surface area (Å²) in [5, 5.41) is 9.81. The SMILES string of the molecule is N#CCc1ccccc1-c1ccc(CCCBr)o1. The van der Waals surface area contributed by atoms with E-state index >= 15 is 0 Å². The molecule has 0 radical (unpaired) electrons. The van der Waals surface area contributed by atoms with Gasteiger partial charge in [0, 0.05) is 17.3 Å². The first kappa shape index (κ1) is 12.9. The van der Waals surface area contributed by atoms with Gasteiger partial charge in [-0.15, -0.1) is 0 Å². The normalized spacial score (nSPS) is 10.2. The largest absolute Gasteiger partial charge is 0.461 e. The van der Waals surface area contributed by atoms with Gasteiger partial charge in [-0.2, -0.15) is 5.26 Å². The van der Waals surface area contributed by atoms with Crippen LogP contribution in [0.3, 0.4) is 0 Å². The van der Waals surface area contributed by atoms with E-state index in [1.165, 1.54) is 0 Å². The van der Waals surface area contributed by atoms with Crippen molar-refractivity contribution < 1.29 is 4.42 Å². The van der Waals surface area contributed by atoms with Crippen molar-refractivity contribution in [1.82, 2.24) is 0 Å². The van der Waals surface area contributed by atoms with E-state index in [1.54, 1.807) is 0 Å². The van der Waals surface area contributed by atoms with Crippen LogP contribution in [0.2, 0.25) is 0 Å². The molecule has 0 fully saturated rings. The van der Waals surface area contributed by atoms with Gasteiger partial charge in [-0.1, -0.05) is 40.2 Å². The topological polar surface area (TPSA) is 36.9 Å². The maximum Gasteiger partial charge on any atom is 0.134 e. The van der Waals surface area contributed by atoms with Crippen molar-refractivity contribution in [3.05, 3.63) is 47.7 Å². The molecule has 0 N–H and O–H groups in total. The molecule has 0 aliphatic carbocycles. The number of hydrogen-bond acceptors (Lipinski definition) is 2. The van der Waals surface area contributed by atoms with Crippen molar-refractivity contribution in [2.45, 2.75) is 19.3 Å². The van der Waals surface area contributed by atoms with Crippen LogP contribution in [0.1, 0.15) is 17.7 Å². The first-order chi connectivity index (χ1) is 8.85. The molecule has 0 unspecified atom stereocenters. The van der Waals surface area contributed by atoms with Crippen molar-refractivity contribution in [3.63, 3.8) is 0 Å². The highest BCUT2D eigenvalue weighted by Gasteiger charge is 2.08. The zero-order chi connectivity index (χ0) is 12.8. The Morgan fingerprint density at radius 1 is 1.17 bits per heavy atom. The summed E-state index contributed by atoms with van der Waals surface area (Å²) in [7, 11) is 0. The van der Waals surface area contributed by atoms with Crippen LogP contribution in [0.25, 0.3) is 11.3 Å². The van der Waals surface area contributed by atoms with Crippen LogP contribution in [-0.2, 0) is 12.8 Å². The lowest BCUT2D eigenvalue weighted by molar-refractivity contribution is 0.519.